The van der Waals surface area contributed by atoms with Crippen LogP contribution >= 0.6 is 0 Å². The van der Waals surface area contributed by atoms with Gasteiger partial charge in [-0.2, -0.15) is 21.6 Å². The molecule has 0 atom stereocenters. The molecule has 0 heterocycles. The van der Waals surface area contributed by atoms with E-state index in [1.165, 1.54) is 0 Å². The molecule has 0 aromatic carbocycles. The molecule has 1 amide bonds. The molecule has 10 heteroatoms. The largest absolute Gasteiger partial charge is 0.519 e. The topological polar surface area (TPSA) is 96.2 Å². The van der Waals surface area contributed by atoms with E-state index in [9.17, 15) is 26.4 Å². The number of nitrogens with zero attached hydrogens (tertiary/aromatic N) is 2. The molecule has 0 fully saturated rings. The first-order chi connectivity index (χ1) is 5.67. The monoisotopic (exact) mass is 218 g/mol. The lowest BCUT2D eigenvalue weighted by Crippen LogP contribution is -2.20. The minimum atomic E-state index is -5.74. The minimum absolute atomic E-state index is 0.874. The summed E-state index contributed by atoms with van der Waals surface area (Å²) in [5.74, 6) is 0. The van der Waals surface area contributed by atoms with E-state index in [0.717, 1.165) is 6.01 Å². The molecule has 0 bridgehead atoms. The number of amides is 1. The zero-order chi connectivity index (χ0) is 10.7. The van der Waals surface area contributed by atoms with Crippen LogP contribution in [0.1, 0.15) is 0 Å². The maximum absolute atomic E-state index is 11.4. The van der Waals surface area contributed by atoms with E-state index in [1.807, 2.05) is 4.40 Å². The third kappa shape index (κ3) is 3.67. The van der Waals surface area contributed by atoms with E-state index < -0.39 is 21.6 Å². The van der Waals surface area contributed by atoms with Crippen molar-refractivity contribution < 1.29 is 31.5 Å². The number of rotatable bonds is 1. The second-order valence-corrected chi connectivity index (χ2v) is 3.10. The number of alkyl halides is 3. The maximum Gasteiger partial charge on any atom is 0.519 e. The molecule has 0 radical (unpaired) electrons. The highest BCUT2D eigenvalue weighted by atomic mass is 32.2. The van der Waals surface area contributed by atoms with Crippen molar-refractivity contribution in [1.29, 1.82) is 0 Å². The number of hydrogen-bond donors (Lipinski definition) is 1. The number of sulfonamides is 1. The van der Waals surface area contributed by atoms with Crippen molar-refractivity contribution >= 4 is 22.1 Å². The van der Waals surface area contributed by atoms with Gasteiger partial charge in [-0.3, -0.25) is 0 Å². The van der Waals surface area contributed by atoms with Gasteiger partial charge in [-0.15, -0.1) is 4.99 Å². The summed E-state index contributed by atoms with van der Waals surface area (Å²) in [7, 11) is -5.74. The summed E-state index contributed by atoms with van der Waals surface area (Å²) in [6.07, 6.45) is -1.90. The fourth-order valence-corrected chi connectivity index (χ4v) is 0.421. The van der Waals surface area contributed by atoms with Gasteiger partial charge in [0.1, 0.15) is 6.01 Å². The molecule has 0 rings (SSSR count). The van der Waals surface area contributed by atoms with E-state index in [0.29, 0.717) is 0 Å². The summed E-state index contributed by atoms with van der Waals surface area (Å²) in [6.45, 7) is 0. The highest BCUT2D eigenvalue weighted by molar-refractivity contribution is 7.91. The average Bonchev–Trinajstić information content (AvgIpc) is 1.82. The van der Waals surface area contributed by atoms with Crippen LogP contribution in [0, 0.1) is 0 Å². The Bertz CT molecular complexity index is 363. The molecule has 13 heavy (non-hydrogen) atoms. The third-order valence-electron chi connectivity index (χ3n) is 0.599. The van der Waals surface area contributed by atoms with E-state index >= 15 is 0 Å². The predicted octanol–water partition coefficient (Wildman–Crippen LogP) is 0.688. The summed E-state index contributed by atoms with van der Waals surface area (Å²) in [5, 5.41) is 7.75. The second-order valence-electron chi connectivity index (χ2n) is 1.51. The van der Waals surface area contributed by atoms with Gasteiger partial charge in [0.05, 0.1) is 0 Å². The zero-order valence-corrected chi connectivity index (χ0v) is 6.43. The van der Waals surface area contributed by atoms with Crippen molar-refractivity contribution in [1.82, 2.24) is 0 Å². The van der Waals surface area contributed by atoms with Crippen molar-refractivity contribution in [3.8, 4) is 0 Å². The van der Waals surface area contributed by atoms with Crippen molar-refractivity contribution in [2.75, 3.05) is 0 Å². The van der Waals surface area contributed by atoms with Crippen LogP contribution in [-0.2, 0) is 10.0 Å². The molecule has 0 aliphatic rings. The van der Waals surface area contributed by atoms with Gasteiger partial charge in [0.2, 0.25) is 0 Å². The SMILES string of the molecule is O=C(O)N=C=NS(=O)(=O)C(F)(F)F. The molecule has 1 N–H and O–H groups in total. The fraction of sp³-hybridized carbons (Fsp3) is 0.333. The van der Waals surface area contributed by atoms with Gasteiger partial charge in [0.15, 0.2) is 0 Å². The van der Waals surface area contributed by atoms with Crippen LogP contribution in [-0.4, -0.2) is 31.1 Å². The highest BCUT2D eigenvalue weighted by Gasteiger charge is 2.46. The number of carboxylic acid groups (broad SMARTS) is 1. The number of aliphatic imine (C=N–C) groups is 1. The fourth-order valence-electron chi connectivity index (χ4n) is 0.169. The first-order valence-electron chi connectivity index (χ1n) is 2.39. The van der Waals surface area contributed by atoms with Gasteiger partial charge in [-0.1, -0.05) is 4.40 Å². The van der Waals surface area contributed by atoms with Gasteiger partial charge in [0.25, 0.3) is 0 Å². The molecule has 0 saturated heterocycles. The van der Waals surface area contributed by atoms with Crippen LogP contribution in [0.5, 0.6) is 0 Å². The van der Waals surface area contributed by atoms with Gasteiger partial charge in [0, 0.05) is 0 Å². The van der Waals surface area contributed by atoms with E-state index in [4.69, 9.17) is 5.11 Å². The van der Waals surface area contributed by atoms with Crippen molar-refractivity contribution in [3.05, 3.63) is 0 Å². The summed E-state index contributed by atoms with van der Waals surface area (Å²) in [4.78, 5) is 11.7. The van der Waals surface area contributed by atoms with Crippen molar-refractivity contribution in [3.63, 3.8) is 0 Å². The van der Waals surface area contributed by atoms with Crippen LogP contribution in [0.4, 0.5) is 18.0 Å². The standard InChI is InChI=1S/C3HF3N2O4S/c4-3(5,6)13(11,12)8-1-7-2(9)10/h(H,9,10). The Morgan fingerprint density at radius 3 is 2.15 bits per heavy atom. The third-order valence-corrected chi connectivity index (χ3v) is 1.51. The Morgan fingerprint density at radius 2 is 1.85 bits per heavy atom. The molecule has 0 aromatic rings. The minimum Gasteiger partial charge on any atom is -0.463 e. The normalized spacial score (nSPS) is 11.6. The Kier molecular flexibility index (Phi) is 3.15. The molecule has 0 unspecified atom stereocenters. The highest BCUT2D eigenvalue weighted by Crippen LogP contribution is 2.23. The summed E-state index contributed by atoms with van der Waals surface area (Å²) in [6, 6.07) is 0.874. The lowest BCUT2D eigenvalue weighted by molar-refractivity contribution is -0.0435. The molecule has 0 saturated carbocycles. The molecular formula is C3HF3N2O4S. The Labute approximate surface area is 69.5 Å². The quantitative estimate of drug-likeness (QED) is 0.654. The number of hydrogen-bond acceptors (Lipinski definition) is 3. The first kappa shape index (κ1) is 11.6. The molecular weight excluding hydrogens is 217 g/mol. The van der Waals surface area contributed by atoms with Gasteiger partial charge >= 0.3 is 21.6 Å². The van der Waals surface area contributed by atoms with E-state index in [-0.39, 0.29) is 0 Å². The van der Waals surface area contributed by atoms with Crippen LogP contribution in [0.2, 0.25) is 0 Å². The number of halogens is 3. The lowest BCUT2D eigenvalue weighted by Gasteiger charge is -1.98. The van der Waals surface area contributed by atoms with Crippen LogP contribution in [0.3, 0.4) is 0 Å². The van der Waals surface area contributed by atoms with E-state index in [1.54, 1.807) is 0 Å². The summed E-state index contributed by atoms with van der Waals surface area (Å²) >= 11 is 0. The first-order valence-corrected chi connectivity index (χ1v) is 3.83. The zero-order valence-electron chi connectivity index (χ0n) is 5.61. The van der Waals surface area contributed by atoms with Crippen LogP contribution in [0.15, 0.2) is 9.39 Å². The van der Waals surface area contributed by atoms with Gasteiger partial charge in [-0.05, 0) is 0 Å². The molecule has 74 valence electrons. The van der Waals surface area contributed by atoms with Crippen LogP contribution < -0.4 is 0 Å². The lowest BCUT2D eigenvalue weighted by atomic mass is 11.2. The van der Waals surface area contributed by atoms with Crippen molar-refractivity contribution in [2.24, 2.45) is 9.39 Å². The van der Waals surface area contributed by atoms with Crippen LogP contribution in [0.25, 0.3) is 0 Å². The van der Waals surface area contributed by atoms with Crippen molar-refractivity contribution in [2.45, 2.75) is 5.51 Å². The van der Waals surface area contributed by atoms with E-state index in [2.05, 4.69) is 4.99 Å². The molecule has 0 aliphatic carbocycles. The van der Waals surface area contributed by atoms with Gasteiger partial charge < -0.3 is 5.11 Å². The molecule has 0 aliphatic heterocycles. The van der Waals surface area contributed by atoms with Gasteiger partial charge in [-0.25, -0.2) is 4.79 Å². The maximum atomic E-state index is 11.4. The molecule has 6 nitrogen and oxygen atoms in total. The Morgan fingerprint density at radius 1 is 1.38 bits per heavy atom. The number of carbonyl (C=O) groups is 1. The average molecular weight is 218 g/mol. The Balaban J connectivity index is 4.95. The Hall–Kier alpha value is -1.41. The smallest absolute Gasteiger partial charge is 0.463 e. The molecule has 0 aromatic heterocycles. The summed E-state index contributed by atoms with van der Waals surface area (Å²) < 4.78 is 56.2. The summed E-state index contributed by atoms with van der Waals surface area (Å²) in [5.41, 5.74) is -5.58. The second kappa shape index (κ2) is 3.54. The predicted molar refractivity (Wildman–Crippen MR) is 32.9 cm³/mol. The molecule has 0 spiro atoms.